The van der Waals surface area contributed by atoms with Crippen LogP contribution in [0.2, 0.25) is 0 Å². The molecule has 4 aliphatic rings. The van der Waals surface area contributed by atoms with Gasteiger partial charge in [-0.2, -0.15) is 0 Å². The van der Waals surface area contributed by atoms with Crippen LogP contribution in [0.4, 0.5) is 10.1 Å². The Kier molecular flexibility index (Phi) is 6.75. The molecule has 4 unspecified atom stereocenters. The summed E-state index contributed by atoms with van der Waals surface area (Å²) in [6, 6.07) is 1.61. The van der Waals surface area contributed by atoms with Gasteiger partial charge in [-0.15, -0.1) is 0 Å². The van der Waals surface area contributed by atoms with Crippen LogP contribution in [0.5, 0.6) is 5.75 Å². The Morgan fingerprint density at radius 3 is 2.65 bits per heavy atom. The lowest BCUT2D eigenvalue weighted by atomic mass is 9.78. The Bertz CT molecular complexity index is 1120. The summed E-state index contributed by atoms with van der Waals surface area (Å²) < 4.78 is 23.9. The number of aryl methyl sites for hydroxylation is 1. The standard InChI is InChI=1S/C25H31FN2O2.C2H6.CH5N/c1-4-5-6-16-11-28-15(2)12-30-23-20(28)18(22(16)29)9-19(26)21(23)27-13-24(3)8-7-17-10-25(17,24)14-27;2*1-2/h9,11,15,17H,4-8,10,12-14H2,1-3H3;1-2H3;2H2,1H3. The number of hydrogen-bond donors (Lipinski definition) is 1. The fourth-order valence-electron chi connectivity index (χ4n) is 6.95. The highest BCUT2D eigenvalue weighted by Gasteiger charge is 2.72. The van der Waals surface area contributed by atoms with Gasteiger partial charge < -0.3 is 19.9 Å². The average Bonchev–Trinajstić information content (AvgIpc) is 3.38. The third-order valence-corrected chi connectivity index (χ3v) is 8.82. The van der Waals surface area contributed by atoms with Gasteiger partial charge in [-0.1, -0.05) is 34.1 Å². The molecule has 34 heavy (non-hydrogen) atoms. The molecule has 0 radical (unpaired) electrons. The molecule has 1 aromatic heterocycles. The number of hydrogen-bond acceptors (Lipinski definition) is 4. The Labute approximate surface area is 203 Å². The quantitative estimate of drug-likeness (QED) is 0.625. The Morgan fingerprint density at radius 1 is 1.26 bits per heavy atom. The summed E-state index contributed by atoms with van der Waals surface area (Å²) in [6.07, 6.45) is 8.60. The number of aromatic nitrogens is 1. The predicted octanol–water partition coefficient (Wildman–Crippen LogP) is 5.66. The molecule has 6 rings (SSSR count). The summed E-state index contributed by atoms with van der Waals surface area (Å²) in [5.41, 5.74) is 7.26. The van der Waals surface area contributed by atoms with Crippen molar-refractivity contribution in [2.24, 2.45) is 22.5 Å². The zero-order chi connectivity index (χ0) is 24.8. The SMILES string of the molecule is CC.CCCCc1cn2c3c(c(N4CC5(C)CCC6CC65C4)c(F)cc3c1=O)OCC2C.CN. The van der Waals surface area contributed by atoms with Crippen LogP contribution < -0.4 is 20.8 Å². The van der Waals surface area contributed by atoms with Crippen LogP contribution in [0.1, 0.15) is 78.3 Å². The fourth-order valence-corrected chi connectivity index (χ4v) is 6.95. The van der Waals surface area contributed by atoms with Crippen molar-refractivity contribution in [1.29, 1.82) is 0 Å². The summed E-state index contributed by atoms with van der Waals surface area (Å²) in [5, 5.41) is 0.472. The van der Waals surface area contributed by atoms with Crippen molar-refractivity contribution < 1.29 is 9.13 Å². The lowest BCUT2D eigenvalue weighted by Gasteiger charge is -2.32. The van der Waals surface area contributed by atoms with Gasteiger partial charge in [0.25, 0.3) is 0 Å². The maximum absolute atomic E-state index is 15.6. The monoisotopic (exact) mass is 471 g/mol. The number of benzene rings is 1. The third-order valence-electron chi connectivity index (χ3n) is 8.82. The van der Waals surface area contributed by atoms with E-state index in [2.05, 4.69) is 36.0 Å². The number of nitrogens with two attached hydrogens (primary N) is 1. The van der Waals surface area contributed by atoms with Crippen molar-refractivity contribution in [3.8, 4) is 5.75 Å². The van der Waals surface area contributed by atoms with Gasteiger partial charge in [0.15, 0.2) is 17.0 Å². The molecule has 188 valence electrons. The minimum atomic E-state index is -0.305. The summed E-state index contributed by atoms with van der Waals surface area (Å²) >= 11 is 0. The van der Waals surface area contributed by atoms with Crippen LogP contribution >= 0.6 is 0 Å². The summed E-state index contributed by atoms with van der Waals surface area (Å²) in [7, 11) is 1.50. The number of pyridine rings is 1. The molecular formula is C28H42FN3O2. The molecule has 1 aromatic carbocycles. The number of anilines is 1. The zero-order valence-electron chi connectivity index (χ0n) is 21.8. The Morgan fingerprint density at radius 2 is 2.00 bits per heavy atom. The topological polar surface area (TPSA) is 60.5 Å². The molecule has 2 aliphatic carbocycles. The van der Waals surface area contributed by atoms with Gasteiger partial charge in [0.2, 0.25) is 0 Å². The molecule has 1 spiro atoms. The first kappa shape index (κ1) is 25.0. The second-order valence-corrected chi connectivity index (χ2v) is 10.6. The third kappa shape index (κ3) is 3.47. The first-order valence-corrected chi connectivity index (χ1v) is 13.2. The highest BCUT2D eigenvalue weighted by Crippen LogP contribution is 2.75. The maximum Gasteiger partial charge on any atom is 0.192 e. The molecule has 3 fully saturated rings. The van der Waals surface area contributed by atoms with E-state index in [4.69, 9.17) is 4.74 Å². The van der Waals surface area contributed by atoms with Crippen molar-refractivity contribution in [2.45, 2.75) is 79.2 Å². The van der Waals surface area contributed by atoms with Crippen molar-refractivity contribution in [3.05, 3.63) is 33.9 Å². The van der Waals surface area contributed by atoms with Crippen molar-refractivity contribution in [3.63, 3.8) is 0 Å². The van der Waals surface area contributed by atoms with E-state index in [9.17, 15) is 4.79 Å². The minimum Gasteiger partial charge on any atom is -0.487 e. The molecule has 2 N–H and O–H groups in total. The molecule has 2 aromatic rings. The van der Waals surface area contributed by atoms with Gasteiger partial charge in [-0.25, -0.2) is 4.39 Å². The van der Waals surface area contributed by atoms with E-state index in [0.29, 0.717) is 28.8 Å². The number of unbranched alkanes of at least 4 members (excludes halogenated alkanes) is 1. The van der Waals surface area contributed by atoms with Crippen molar-refractivity contribution in [2.75, 3.05) is 31.6 Å². The lowest BCUT2D eigenvalue weighted by Crippen LogP contribution is -2.29. The van der Waals surface area contributed by atoms with E-state index >= 15 is 4.39 Å². The minimum absolute atomic E-state index is 0.0368. The van der Waals surface area contributed by atoms with Gasteiger partial charge in [0.05, 0.1) is 16.9 Å². The van der Waals surface area contributed by atoms with Gasteiger partial charge in [0, 0.05) is 24.8 Å². The summed E-state index contributed by atoms with van der Waals surface area (Å²) in [4.78, 5) is 15.4. The molecule has 2 aliphatic heterocycles. The largest absolute Gasteiger partial charge is 0.487 e. The number of rotatable bonds is 4. The summed E-state index contributed by atoms with van der Waals surface area (Å²) in [5.74, 6) is 1.09. The van der Waals surface area contributed by atoms with E-state index in [0.717, 1.165) is 49.4 Å². The molecule has 4 atom stereocenters. The van der Waals surface area contributed by atoms with Crippen LogP contribution in [0, 0.1) is 22.6 Å². The summed E-state index contributed by atoms with van der Waals surface area (Å²) in [6.45, 7) is 12.9. The molecule has 0 amide bonds. The zero-order valence-corrected chi connectivity index (χ0v) is 21.8. The van der Waals surface area contributed by atoms with Crippen LogP contribution in [0.3, 0.4) is 0 Å². The molecule has 1 saturated heterocycles. The van der Waals surface area contributed by atoms with Crippen LogP contribution in [0.15, 0.2) is 17.1 Å². The second kappa shape index (κ2) is 9.18. The normalized spacial score (nSPS) is 29.9. The molecular weight excluding hydrogens is 429 g/mol. The van der Waals surface area contributed by atoms with E-state index in [1.807, 2.05) is 20.0 Å². The molecule has 2 saturated carbocycles. The van der Waals surface area contributed by atoms with E-state index in [1.54, 1.807) is 0 Å². The lowest BCUT2D eigenvalue weighted by molar-refractivity contribution is 0.246. The molecule has 0 bridgehead atoms. The Hall–Kier alpha value is -2.08. The second-order valence-electron chi connectivity index (χ2n) is 10.6. The van der Waals surface area contributed by atoms with E-state index < -0.39 is 0 Å². The van der Waals surface area contributed by atoms with Crippen LogP contribution in [-0.2, 0) is 6.42 Å². The van der Waals surface area contributed by atoms with E-state index in [1.165, 1.54) is 32.4 Å². The van der Waals surface area contributed by atoms with E-state index in [-0.39, 0.29) is 22.7 Å². The van der Waals surface area contributed by atoms with Crippen LogP contribution in [0.25, 0.3) is 10.9 Å². The highest BCUT2D eigenvalue weighted by atomic mass is 19.1. The first-order valence-electron chi connectivity index (χ1n) is 13.2. The maximum atomic E-state index is 15.6. The van der Waals surface area contributed by atoms with Crippen molar-refractivity contribution in [1.82, 2.24) is 4.57 Å². The number of nitrogens with zero attached hydrogens (tertiary/aromatic N) is 2. The number of halogens is 1. The fraction of sp³-hybridized carbons (Fsp3) is 0.679. The number of ether oxygens (including phenoxy) is 1. The van der Waals surface area contributed by atoms with Gasteiger partial charge in [0.1, 0.15) is 12.3 Å². The average molecular weight is 472 g/mol. The van der Waals surface area contributed by atoms with Gasteiger partial charge >= 0.3 is 0 Å². The van der Waals surface area contributed by atoms with Gasteiger partial charge in [-0.05, 0) is 68.9 Å². The Balaban J connectivity index is 0.000000652. The predicted molar refractivity (Wildman–Crippen MR) is 139 cm³/mol. The van der Waals surface area contributed by atoms with Crippen molar-refractivity contribution >= 4 is 16.6 Å². The molecule has 5 nitrogen and oxygen atoms in total. The highest BCUT2D eigenvalue weighted by molar-refractivity contribution is 5.92. The van der Waals surface area contributed by atoms with Crippen LogP contribution in [-0.4, -0.2) is 31.3 Å². The smallest absolute Gasteiger partial charge is 0.192 e. The van der Waals surface area contributed by atoms with Gasteiger partial charge in [-0.3, -0.25) is 4.79 Å². The molecule has 6 heteroatoms. The first-order chi connectivity index (χ1) is 16.4. The molecule has 3 heterocycles.